The average molecular weight is 330 g/mol. The fraction of sp³-hybridized carbons (Fsp3) is 0.0667. The molecule has 3 rings (SSSR count). The van der Waals surface area contributed by atoms with E-state index in [2.05, 4.69) is 5.16 Å². The molecular formula is C15H10N2O5S. The monoisotopic (exact) mass is 330 g/mol. The summed E-state index contributed by atoms with van der Waals surface area (Å²) in [6.07, 6.45) is 0. The van der Waals surface area contributed by atoms with Crippen molar-refractivity contribution in [3.8, 4) is 10.6 Å². The minimum atomic E-state index is -0.658. The van der Waals surface area contributed by atoms with Crippen LogP contribution < -0.4 is 0 Å². The summed E-state index contributed by atoms with van der Waals surface area (Å²) in [6, 6.07) is 10.8. The van der Waals surface area contributed by atoms with Crippen molar-refractivity contribution >= 4 is 23.0 Å². The molecule has 116 valence electrons. The molecule has 1 aromatic carbocycles. The third kappa shape index (κ3) is 3.43. The van der Waals surface area contributed by atoms with E-state index >= 15 is 0 Å². The first kappa shape index (κ1) is 14.9. The van der Waals surface area contributed by atoms with Gasteiger partial charge in [-0.3, -0.25) is 10.1 Å². The Morgan fingerprint density at radius 3 is 2.91 bits per heavy atom. The van der Waals surface area contributed by atoms with Crippen molar-refractivity contribution in [3.63, 3.8) is 0 Å². The van der Waals surface area contributed by atoms with Gasteiger partial charge in [0.1, 0.15) is 12.3 Å². The molecule has 0 atom stereocenters. The largest absolute Gasteiger partial charge is 0.455 e. The number of hydrogen-bond acceptors (Lipinski definition) is 7. The standard InChI is InChI=1S/C15H10N2O5S/c18-15(10-3-1-4-12(7-10)17(19)20)21-9-11-8-13(22-16-11)14-5-2-6-23-14/h1-8H,9H2. The van der Waals surface area contributed by atoms with Crippen molar-refractivity contribution in [2.75, 3.05) is 0 Å². The number of thiophene rings is 1. The maximum absolute atomic E-state index is 11.9. The number of rotatable bonds is 5. The zero-order chi connectivity index (χ0) is 16.2. The molecule has 0 spiro atoms. The van der Waals surface area contributed by atoms with Crippen molar-refractivity contribution in [2.24, 2.45) is 0 Å². The second-order valence-electron chi connectivity index (χ2n) is 4.54. The van der Waals surface area contributed by atoms with E-state index in [1.165, 1.54) is 35.6 Å². The lowest BCUT2D eigenvalue weighted by Crippen LogP contribution is -2.05. The van der Waals surface area contributed by atoms with Crippen LogP contribution in [0.25, 0.3) is 10.6 Å². The van der Waals surface area contributed by atoms with Crippen molar-refractivity contribution in [1.82, 2.24) is 5.16 Å². The summed E-state index contributed by atoms with van der Waals surface area (Å²) in [5, 5.41) is 16.4. The van der Waals surface area contributed by atoms with Gasteiger partial charge in [0.05, 0.1) is 15.4 Å². The number of nitro benzene ring substituents is 1. The highest BCUT2D eigenvalue weighted by molar-refractivity contribution is 7.13. The van der Waals surface area contributed by atoms with Crippen molar-refractivity contribution in [1.29, 1.82) is 0 Å². The number of carbonyl (C=O) groups is 1. The number of hydrogen-bond donors (Lipinski definition) is 0. The van der Waals surface area contributed by atoms with Crippen LogP contribution >= 0.6 is 11.3 Å². The molecule has 7 nitrogen and oxygen atoms in total. The lowest BCUT2D eigenvalue weighted by atomic mass is 10.2. The molecule has 0 aliphatic carbocycles. The average Bonchev–Trinajstić information content (AvgIpc) is 3.23. The zero-order valence-electron chi connectivity index (χ0n) is 11.7. The molecule has 0 saturated heterocycles. The van der Waals surface area contributed by atoms with E-state index in [4.69, 9.17) is 9.26 Å². The van der Waals surface area contributed by atoms with Crippen LogP contribution in [0.3, 0.4) is 0 Å². The Morgan fingerprint density at radius 1 is 1.30 bits per heavy atom. The first-order valence-corrected chi connectivity index (χ1v) is 7.42. The number of benzene rings is 1. The van der Waals surface area contributed by atoms with E-state index in [0.717, 1.165) is 4.88 Å². The van der Waals surface area contributed by atoms with Gasteiger partial charge < -0.3 is 9.26 Å². The second kappa shape index (κ2) is 6.41. The van der Waals surface area contributed by atoms with E-state index in [1.54, 1.807) is 6.07 Å². The van der Waals surface area contributed by atoms with Gasteiger partial charge in [0.25, 0.3) is 5.69 Å². The highest BCUT2D eigenvalue weighted by Gasteiger charge is 2.14. The molecule has 23 heavy (non-hydrogen) atoms. The van der Waals surface area contributed by atoms with Gasteiger partial charge in [0.2, 0.25) is 0 Å². The van der Waals surface area contributed by atoms with E-state index in [-0.39, 0.29) is 17.9 Å². The van der Waals surface area contributed by atoms with E-state index in [0.29, 0.717) is 11.5 Å². The molecule has 0 saturated carbocycles. The maximum Gasteiger partial charge on any atom is 0.338 e. The number of non-ortho nitro benzene ring substituents is 1. The summed E-state index contributed by atoms with van der Waals surface area (Å²) >= 11 is 1.51. The molecular weight excluding hydrogens is 320 g/mol. The number of nitro groups is 1. The minimum Gasteiger partial charge on any atom is -0.455 e. The number of aromatic nitrogens is 1. The quantitative estimate of drug-likeness (QED) is 0.402. The van der Waals surface area contributed by atoms with E-state index in [1.807, 2.05) is 17.5 Å². The Kier molecular flexibility index (Phi) is 4.15. The second-order valence-corrected chi connectivity index (χ2v) is 5.49. The summed E-state index contributed by atoms with van der Waals surface area (Å²) < 4.78 is 10.3. The topological polar surface area (TPSA) is 95.5 Å². The molecule has 0 aliphatic rings. The molecule has 0 unspecified atom stereocenters. The summed E-state index contributed by atoms with van der Waals surface area (Å²) in [4.78, 5) is 23.0. The van der Waals surface area contributed by atoms with Gasteiger partial charge in [-0.25, -0.2) is 4.79 Å². The normalized spacial score (nSPS) is 10.4. The van der Waals surface area contributed by atoms with Gasteiger partial charge >= 0.3 is 5.97 Å². The van der Waals surface area contributed by atoms with Gasteiger partial charge in [-0.1, -0.05) is 17.3 Å². The molecule has 0 bridgehead atoms. The predicted octanol–water partition coefficient (Wildman–Crippen LogP) is 3.67. The molecule has 0 N–H and O–H groups in total. The maximum atomic E-state index is 11.9. The minimum absolute atomic E-state index is 0.0730. The third-order valence-corrected chi connectivity index (χ3v) is 3.85. The Labute approximate surface area is 134 Å². The third-order valence-electron chi connectivity index (χ3n) is 2.97. The van der Waals surface area contributed by atoms with Gasteiger partial charge in [-0.2, -0.15) is 0 Å². The fourth-order valence-corrected chi connectivity index (χ4v) is 2.56. The van der Waals surface area contributed by atoms with Crippen LogP contribution in [0.4, 0.5) is 5.69 Å². The van der Waals surface area contributed by atoms with Crippen LogP contribution in [-0.4, -0.2) is 16.0 Å². The van der Waals surface area contributed by atoms with Crippen LogP contribution in [0.5, 0.6) is 0 Å². The molecule has 3 aromatic rings. The van der Waals surface area contributed by atoms with Gasteiger partial charge in [0, 0.05) is 18.2 Å². The molecule has 8 heteroatoms. The lowest BCUT2D eigenvalue weighted by molar-refractivity contribution is -0.384. The molecule has 0 amide bonds. The molecule has 2 heterocycles. The number of nitrogens with zero attached hydrogens (tertiary/aromatic N) is 2. The first-order valence-electron chi connectivity index (χ1n) is 6.54. The highest BCUT2D eigenvalue weighted by atomic mass is 32.1. The van der Waals surface area contributed by atoms with Crippen molar-refractivity contribution < 1.29 is 19.0 Å². The van der Waals surface area contributed by atoms with Crippen molar-refractivity contribution in [2.45, 2.75) is 6.61 Å². The number of carbonyl (C=O) groups excluding carboxylic acids is 1. The number of esters is 1. The summed E-state index contributed by atoms with van der Waals surface area (Å²) in [7, 11) is 0. The van der Waals surface area contributed by atoms with Crippen LogP contribution in [0.2, 0.25) is 0 Å². The Balaban J connectivity index is 1.65. The van der Waals surface area contributed by atoms with Crippen LogP contribution in [0.15, 0.2) is 52.4 Å². The summed E-state index contributed by atoms with van der Waals surface area (Å²) in [5.74, 6) is -0.0595. The van der Waals surface area contributed by atoms with E-state index < -0.39 is 10.9 Å². The fourth-order valence-electron chi connectivity index (χ4n) is 1.88. The zero-order valence-corrected chi connectivity index (χ0v) is 12.5. The Bertz CT molecular complexity index is 841. The van der Waals surface area contributed by atoms with Gasteiger partial charge in [0.15, 0.2) is 5.76 Å². The van der Waals surface area contributed by atoms with Crippen LogP contribution in [0, 0.1) is 10.1 Å². The van der Waals surface area contributed by atoms with Crippen LogP contribution in [0.1, 0.15) is 16.1 Å². The Hall–Kier alpha value is -3.00. The van der Waals surface area contributed by atoms with Crippen LogP contribution in [-0.2, 0) is 11.3 Å². The summed E-state index contributed by atoms with van der Waals surface area (Å²) in [6.45, 7) is -0.0730. The smallest absolute Gasteiger partial charge is 0.338 e. The SMILES string of the molecule is O=C(OCc1cc(-c2cccs2)on1)c1cccc([N+](=O)[O-])c1. The lowest BCUT2D eigenvalue weighted by Gasteiger charge is -2.02. The summed E-state index contributed by atoms with van der Waals surface area (Å²) in [5.41, 5.74) is 0.411. The molecule has 0 aliphatic heterocycles. The highest BCUT2D eigenvalue weighted by Crippen LogP contribution is 2.25. The number of ether oxygens (including phenoxy) is 1. The van der Waals surface area contributed by atoms with Gasteiger partial charge in [-0.15, -0.1) is 11.3 Å². The predicted molar refractivity (Wildman–Crippen MR) is 82.0 cm³/mol. The molecule has 0 radical (unpaired) electrons. The Morgan fingerprint density at radius 2 is 2.17 bits per heavy atom. The first-order chi connectivity index (χ1) is 11.1. The molecule has 0 fully saturated rings. The molecule has 2 aromatic heterocycles. The van der Waals surface area contributed by atoms with Crippen molar-refractivity contribution in [3.05, 3.63) is 69.2 Å². The van der Waals surface area contributed by atoms with Gasteiger partial charge in [-0.05, 0) is 17.5 Å². The van der Waals surface area contributed by atoms with E-state index in [9.17, 15) is 14.9 Å².